The molecule has 0 spiro atoms. The highest BCUT2D eigenvalue weighted by Gasteiger charge is 2.06. The maximum Gasteiger partial charge on any atom is 0.0963 e. The van der Waals surface area contributed by atoms with E-state index in [2.05, 4.69) is 17.2 Å². The van der Waals surface area contributed by atoms with Gasteiger partial charge < -0.3 is 10.1 Å². The second-order valence-corrected chi connectivity index (χ2v) is 3.43. The van der Waals surface area contributed by atoms with E-state index in [0.29, 0.717) is 0 Å². The molecule has 1 rings (SSSR count). The van der Waals surface area contributed by atoms with Gasteiger partial charge in [-0.25, -0.2) is 0 Å². The molecule has 0 aromatic rings. The molecular weight excluding hydrogens is 164 g/mol. The number of nitrogens with one attached hydrogen (secondary N) is 1. The van der Waals surface area contributed by atoms with Gasteiger partial charge in [0, 0.05) is 26.1 Å². The first kappa shape index (κ1) is 10.5. The zero-order valence-corrected chi connectivity index (χ0v) is 8.68. The average molecular weight is 184 g/mol. The van der Waals surface area contributed by atoms with Gasteiger partial charge in [-0.3, -0.25) is 4.99 Å². The van der Waals surface area contributed by atoms with Gasteiger partial charge in [-0.1, -0.05) is 0 Å². The SMILES string of the molecule is CCOC(C)CNC1=NCCCC1. The van der Waals surface area contributed by atoms with Crippen molar-refractivity contribution in [1.82, 2.24) is 5.32 Å². The highest BCUT2D eigenvalue weighted by molar-refractivity contribution is 5.82. The molecule has 76 valence electrons. The van der Waals surface area contributed by atoms with E-state index in [9.17, 15) is 0 Å². The smallest absolute Gasteiger partial charge is 0.0963 e. The van der Waals surface area contributed by atoms with E-state index in [1.54, 1.807) is 0 Å². The summed E-state index contributed by atoms with van der Waals surface area (Å²) in [6.07, 6.45) is 3.91. The molecule has 1 N–H and O–H groups in total. The molecule has 0 amide bonds. The Morgan fingerprint density at radius 3 is 3.00 bits per heavy atom. The van der Waals surface area contributed by atoms with Gasteiger partial charge in [-0.05, 0) is 26.7 Å². The summed E-state index contributed by atoms with van der Waals surface area (Å²) >= 11 is 0. The minimum atomic E-state index is 0.287. The fourth-order valence-electron chi connectivity index (χ4n) is 1.45. The van der Waals surface area contributed by atoms with Crippen molar-refractivity contribution < 1.29 is 4.74 Å². The fraction of sp³-hybridized carbons (Fsp3) is 0.900. The molecule has 0 saturated heterocycles. The van der Waals surface area contributed by atoms with Crippen LogP contribution in [0, 0.1) is 0 Å². The van der Waals surface area contributed by atoms with Crippen molar-refractivity contribution in [2.24, 2.45) is 4.99 Å². The van der Waals surface area contributed by atoms with Crippen LogP contribution in [0.4, 0.5) is 0 Å². The Morgan fingerprint density at radius 2 is 2.38 bits per heavy atom. The second-order valence-electron chi connectivity index (χ2n) is 3.43. The molecule has 0 fully saturated rings. The van der Waals surface area contributed by atoms with Gasteiger partial charge in [0.1, 0.15) is 0 Å². The second kappa shape index (κ2) is 5.97. The molecular formula is C10H20N2O. The number of aliphatic imine (C=N–C) groups is 1. The van der Waals surface area contributed by atoms with Gasteiger partial charge in [-0.15, -0.1) is 0 Å². The van der Waals surface area contributed by atoms with Crippen molar-refractivity contribution in [2.75, 3.05) is 19.7 Å². The molecule has 1 aliphatic rings. The van der Waals surface area contributed by atoms with Gasteiger partial charge >= 0.3 is 0 Å². The van der Waals surface area contributed by atoms with Crippen LogP contribution in [-0.2, 0) is 4.74 Å². The average Bonchev–Trinajstić information content (AvgIpc) is 2.17. The van der Waals surface area contributed by atoms with Crippen LogP contribution in [0.15, 0.2) is 4.99 Å². The zero-order valence-electron chi connectivity index (χ0n) is 8.68. The Labute approximate surface area is 80.6 Å². The number of hydrogen-bond acceptors (Lipinski definition) is 3. The third-order valence-electron chi connectivity index (χ3n) is 2.17. The maximum atomic E-state index is 5.42. The molecule has 1 unspecified atom stereocenters. The molecule has 1 atom stereocenters. The molecule has 0 aromatic heterocycles. The van der Waals surface area contributed by atoms with E-state index in [4.69, 9.17) is 4.74 Å². The largest absolute Gasteiger partial charge is 0.377 e. The van der Waals surface area contributed by atoms with E-state index in [1.807, 2.05) is 6.92 Å². The molecule has 0 aliphatic carbocycles. The van der Waals surface area contributed by atoms with Crippen LogP contribution in [0.3, 0.4) is 0 Å². The summed E-state index contributed by atoms with van der Waals surface area (Å²) in [4.78, 5) is 4.41. The standard InChI is InChI=1S/C10H20N2O/c1-3-13-9(2)8-12-10-6-4-5-7-11-10/h9H,3-8H2,1-2H3,(H,11,12). The molecule has 1 heterocycles. The summed E-state index contributed by atoms with van der Waals surface area (Å²) in [5.74, 6) is 1.16. The first-order chi connectivity index (χ1) is 6.33. The van der Waals surface area contributed by atoms with Gasteiger partial charge in [0.2, 0.25) is 0 Å². The Morgan fingerprint density at radius 1 is 1.54 bits per heavy atom. The van der Waals surface area contributed by atoms with Crippen molar-refractivity contribution in [1.29, 1.82) is 0 Å². The van der Waals surface area contributed by atoms with Gasteiger partial charge in [0.05, 0.1) is 11.9 Å². The third kappa shape index (κ3) is 4.27. The zero-order chi connectivity index (χ0) is 9.52. The Hall–Kier alpha value is -0.570. The lowest BCUT2D eigenvalue weighted by Gasteiger charge is -2.17. The van der Waals surface area contributed by atoms with E-state index in [0.717, 1.165) is 32.0 Å². The Bertz CT molecular complexity index is 168. The Kier molecular flexibility index (Phi) is 4.83. The lowest BCUT2D eigenvalue weighted by molar-refractivity contribution is 0.0793. The lowest BCUT2D eigenvalue weighted by Crippen LogP contribution is -2.33. The molecule has 3 nitrogen and oxygen atoms in total. The topological polar surface area (TPSA) is 33.6 Å². The molecule has 0 radical (unpaired) electrons. The highest BCUT2D eigenvalue weighted by atomic mass is 16.5. The van der Waals surface area contributed by atoms with Crippen LogP contribution in [0.2, 0.25) is 0 Å². The van der Waals surface area contributed by atoms with Crippen LogP contribution in [0.25, 0.3) is 0 Å². The molecule has 0 aromatic carbocycles. The van der Waals surface area contributed by atoms with Crippen LogP contribution >= 0.6 is 0 Å². The monoisotopic (exact) mass is 184 g/mol. The first-order valence-corrected chi connectivity index (χ1v) is 5.21. The summed E-state index contributed by atoms with van der Waals surface area (Å²) in [6.45, 7) is 6.77. The number of amidine groups is 1. The summed E-state index contributed by atoms with van der Waals surface area (Å²) in [6, 6.07) is 0. The third-order valence-corrected chi connectivity index (χ3v) is 2.17. The van der Waals surface area contributed by atoms with E-state index >= 15 is 0 Å². The van der Waals surface area contributed by atoms with Crippen LogP contribution < -0.4 is 5.32 Å². The molecule has 1 aliphatic heterocycles. The summed E-state index contributed by atoms with van der Waals surface area (Å²) in [5, 5.41) is 3.33. The van der Waals surface area contributed by atoms with Gasteiger partial charge in [-0.2, -0.15) is 0 Å². The van der Waals surface area contributed by atoms with Crippen LogP contribution in [0.1, 0.15) is 33.1 Å². The Balaban J connectivity index is 2.13. The normalized spacial score (nSPS) is 19.4. The van der Waals surface area contributed by atoms with Crippen molar-refractivity contribution in [3.63, 3.8) is 0 Å². The van der Waals surface area contributed by atoms with Crippen molar-refractivity contribution >= 4 is 5.84 Å². The molecule has 0 bridgehead atoms. The summed E-state index contributed by atoms with van der Waals surface area (Å²) < 4.78 is 5.42. The van der Waals surface area contributed by atoms with Gasteiger partial charge in [0.25, 0.3) is 0 Å². The predicted octanol–water partition coefficient (Wildman–Crippen LogP) is 1.58. The minimum absolute atomic E-state index is 0.287. The number of rotatable bonds is 4. The number of ether oxygens (including phenoxy) is 1. The van der Waals surface area contributed by atoms with Crippen molar-refractivity contribution in [2.45, 2.75) is 39.2 Å². The first-order valence-electron chi connectivity index (χ1n) is 5.21. The van der Waals surface area contributed by atoms with E-state index in [1.165, 1.54) is 12.8 Å². The number of hydrogen-bond donors (Lipinski definition) is 1. The van der Waals surface area contributed by atoms with Crippen molar-refractivity contribution in [3.05, 3.63) is 0 Å². The van der Waals surface area contributed by atoms with Crippen LogP contribution in [0.5, 0.6) is 0 Å². The molecule has 3 heteroatoms. The quantitative estimate of drug-likeness (QED) is 0.719. The van der Waals surface area contributed by atoms with E-state index in [-0.39, 0.29) is 6.10 Å². The summed E-state index contributed by atoms with van der Waals surface area (Å²) in [5.41, 5.74) is 0. The van der Waals surface area contributed by atoms with Gasteiger partial charge in [0.15, 0.2) is 0 Å². The maximum absolute atomic E-state index is 5.42. The number of nitrogens with zero attached hydrogens (tertiary/aromatic N) is 1. The van der Waals surface area contributed by atoms with Crippen molar-refractivity contribution in [3.8, 4) is 0 Å². The predicted molar refractivity (Wildman–Crippen MR) is 55.2 cm³/mol. The highest BCUT2D eigenvalue weighted by Crippen LogP contribution is 2.03. The fourth-order valence-corrected chi connectivity index (χ4v) is 1.45. The summed E-state index contributed by atoms with van der Waals surface area (Å²) in [7, 11) is 0. The van der Waals surface area contributed by atoms with Crippen LogP contribution in [-0.4, -0.2) is 31.6 Å². The minimum Gasteiger partial charge on any atom is -0.377 e. The van der Waals surface area contributed by atoms with E-state index < -0.39 is 0 Å². The molecule has 13 heavy (non-hydrogen) atoms. The lowest BCUT2D eigenvalue weighted by atomic mass is 10.2. The molecule has 0 saturated carbocycles.